The van der Waals surface area contributed by atoms with Crippen LogP contribution in [0.1, 0.15) is 49.5 Å². The van der Waals surface area contributed by atoms with Gasteiger partial charge in [-0.25, -0.2) is 0 Å². The van der Waals surface area contributed by atoms with Crippen LogP contribution in [0.15, 0.2) is 24.3 Å². The van der Waals surface area contributed by atoms with E-state index in [4.69, 9.17) is 0 Å². The summed E-state index contributed by atoms with van der Waals surface area (Å²) in [5, 5.41) is 3.11. The zero-order valence-electron chi connectivity index (χ0n) is 17.0. The minimum atomic E-state index is -0.381. The molecule has 0 radical (unpaired) electrons. The highest BCUT2D eigenvalue weighted by molar-refractivity contribution is 7.99. The van der Waals surface area contributed by atoms with Gasteiger partial charge in [0.2, 0.25) is 5.91 Å². The normalized spacial score (nSPS) is 18.0. The van der Waals surface area contributed by atoms with Crippen LogP contribution in [0.5, 0.6) is 0 Å². The highest BCUT2D eigenvalue weighted by Crippen LogP contribution is 2.24. The molecule has 1 aromatic carbocycles. The monoisotopic (exact) mass is 391 g/mol. The van der Waals surface area contributed by atoms with Crippen molar-refractivity contribution in [3.8, 4) is 0 Å². The summed E-state index contributed by atoms with van der Waals surface area (Å²) in [4.78, 5) is 29.7. The van der Waals surface area contributed by atoms with Crippen molar-refractivity contribution in [3.05, 3.63) is 35.4 Å². The van der Waals surface area contributed by atoms with E-state index < -0.39 is 0 Å². The molecule has 27 heavy (non-hydrogen) atoms. The van der Waals surface area contributed by atoms with Crippen molar-refractivity contribution in [2.24, 2.45) is 0 Å². The zero-order valence-corrected chi connectivity index (χ0v) is 17.8. The average molecular weight is 392 g/mol. The Balaban J connectivity index is 1.88. The fourth-order valence-electron chi connectivity index (χ4n) is 3.38. The molecule has 1 saturated heterocycles. The second-order valence-electron chi connectivity index (χ2n) is 7.24. The molecule has 0 saturated carbocycles. The first kappa shape index (κ1) is 21.8. The highest BCUT2D eigenvalue weighted by atomic mass is 32.2. The van der Waals surface area contributed by atoms with Crippen molar-refractivity contribution in [2.75, 3.05) is 31.3 Å². The van der Waals surface area contributed by atoms with Crippen molar-refractivity contribution < 1.29 is 9.59 Å². The van der Waals surface area contributed by atoms with E-state index in [1.54, 1.807) is 16.7 Å². The molecule has 1 fully saturated rings. The number of rotatable bonds is 9. The van der Waals surface area contributed by atoms with Crippen molar-refractivity contribution in [1.29, 1.82) is 0 Å². The third kappa shape index (κ3) is 6.25. The SMILES string of the molecule is CCN(CC)CCCC(C)NC(=O)C1CSCN1C(=O)c1cccc(C)c1. The summed E-state index contributed by atoms with van der Waals surface area (Å²) in [6.07, 6.45) is 2.02. The quantitative estimate of drug-likeness (QED) is 0.703. The van der Waals surface area contributed by atoms with E-state index in [2.05, 4.69) is 31.0 Å². The number of hydrogen-bond acceptors (Lipinski definition) is 4. The summed E-state index contributed by atoms with van der Waals surface area (Å²) in [7, 11) is 0. The van der Waals surface area contributed by atoms with Crippen LogP contribution in [0.4, 0.5) is 0 Å². The lowest BCUT2D eigenvalue weighted by molar-refractivity contribution is -0.125. The first-order valence-corrected chi connectivity index (χ1v) is 11.1. The molecule has 1 aliphatic rings. The number of nitrogens with zero attached hydrogens (tertiary/aromatic N) is 2. The molecule has 2 amide bonds. The molecule has 150 valence electrons. The fourth-order valence-corrected chi connectivity index (χ4v) is 4.53. The van der Waals surface area contributed by atoms with Crippen LogP contribution in [0.3, 0.4) is 0 Å². The largest absolute Gasteiger partial charge is 0.352 e. The summed E-state index contributed by atoms with van der Waals surface area (Å²) in [5.41, 5.74) is 1.71. The molecule has 1 heterocycles. The van der Waals surface area contributed by atoms with Gasteiger partial charge in [0.1, 0.15) is 6.04 Å². The van der Waals surface area contributed by atoms with Gasteiger partial charge in [0.15, 0.2) is 0 Å². The van der Waals surface area contributed by atoms with E-state index in [9.17, 15) is 9.59 Å². The molecule has 0 spiro atoms. The lowest BCUT2D eigenvalue weighted by atomic mass is 10.1. The van der Waals surface area contributed by atoms with Gasteiger partial charge in [-0.05, 0) is 58.5 Å². The Morgan fingerprint density at radius 3 is 2.74 bits per heavy atom. The van der Waals surface area contributed by atoms with E-state index >= 15 is 0 Å². The van der Waals surface area contributed by atoms with Gasteiger partial charge in [0, 0.05) is 17.4 Å². The number of benzene rings is 1. The fraction of sp³-hybridized carbons (Fsp3) is 0.619. The summed E-state index contributed by atoms with van der Waals surface area (Å²) in [6, 6.07) is 7.31. The van der Waals surface area contributed by atoms with Gasteiger partial charge in [-0.1, -0.05) is 31.5 Å². The van der Waals surface area contributed by atoms with Gasteiger partial charge in [-0.3, -0.25) is 9.59 Å². The predicted octanol–water partition coefficient (Wildman–Crippen LogP) is 3.14. The summed E-state index contributed by atoms with van der Waals surface area (Å²) >= 11 is 1.64. The maximum atomic E-state index is 12.8. The number of hydrogen-bond donors (Lipinski definition) is 1. The Morgan fingerprint density at radius 2 is 2.07 bits per heavy atom. The van der Waals surface area contributed by atoms with Crippen LogP contribution in [-0.2, 0) is 4.79 Å². The Bertz CT molecular complexity index is 634. The first-order chi connectivity index (χ1) is 13.0. The minimum absolute atomic E-state index is 0.0312. The number of amides is 2. The number of carbonyl (C=O) groups excluding carboxylic acids is 2. The van der Waals surface area contributed by atoms with Crippen molar-refractivity contribution in [1.82, 2.24) is 15.1 Å². The molecule has 2 atom stereocenters. The Morgan fingerprint density at radius 1 is 1.33 bits per heavy atom. The van der Waals surface area contributed by atoms with Crippen molar-refractivity contribution >= 4 is 23.6 Å². The lowest BCUT2D eigenvalue weighted by Crippen LogP contribution is -2.49. The third-order valence-corrected chi connectivity index (χ3v) is 6.12. The predicted molar refractivity (Wildman–Crippen MR) is 113 cm³/mol. The average Bonchev–Trinajstić information content (AvgIpc) is 3.14. The smallest absolute Gasteiger partial charge is 0.255 e. The van der Waals surface area contributed by atoms with Gasteiger partial charge < -0.3 is 15.1 Å². The van der Waals surface area contributed by atoms with Crippen LogP contribution in [0.2, 0.25) is 0 Å². The molecule has 5 nitrogen and oxygen atoms in total. The van der Waals surface area contributed by atoms with E-state index in [0.29, 0.717) is 17.2 Å². The third-order valence-electron chi connectivity index (χ3n) is 5.11. The Labute approximate surface area is 167 Å². The molecule has 0 aliphatic carbocycles. The number of carbonyl (C=O) groups is 2. The van der Waals surface area contributed by atoms with Crippen LogP contribution < -0.4 is 5.32 Å². The second kappa shape index (κ2) is 10.7. The maximum absolute atomic E-state index is 12.8. The molecule has 2 unspecified atom stereocenters. The molecule has 0 bridgehead atoms. The van der Waals surface area contributed by atoms with E-state index in [1.165, 1.54) is 0 Å². The van der Waals surface area contributed by atoms with Crippen LogP contribution in [0.25, 0.3) is 0 Å². The molecule has 0 aromatic heterocycles. The Kier molecular flexibility index (Phi) is 8.64. The summed E-state index contributed by atoms with van der Waals surface area (Å²) < 4.78 is 0. The highest BCUT2D eigenvalue weighted by Gasteiger charge is 2.35. The van der Waals surface area contributed by atoms with E-state index in [1.807, 2.05) is 31.2 Å². The molecule has 1 aromatic rings. The molecular formula is C21H33N3O2S. The van der Waals surface area contributed by atoms with Gasteiger partial charge >= 0.3 is 0 Å². The van der Waals surface area contributed by atoms with Gasteiger partial charge in [0.05, 0.1) is 5.88 Å². The number of aryl methyl sites for hydroxylation is 1. The zero-order chi connectivity index (χ0) is 19.8. The van der Waals surface area contributed by atoms with Crippen molar-refractivity contribution in [2.45, 2.75) is 52.6 Å². The van der Waals surface area contributed by atoms with Gasteiger partial charge in [-0.2, -0.15) is 0 Å². The molecule has 2 rings (SSSR count). The van der Waals surface area contributed by atoms with Crippen LogP contribution >= 0.6 is 11.8 Å². The molecule has 1 N–H and O–H groups in total. The van der Waals surface area contributed by atoms with Crippen molar-refractivity contribution in [3.63, 3.8) is 0 Å². The van der Waals surface area contributed by atoms with E-state index in [-0.39, 0.29) is 23.9 Å². The maximum Gasteiger partial charge on any atom is 0.255 e. The second-order valence-corrected chi connectivity index (χ2v) is 8.24. The Hall–Kier alpha value is -1.53. The minimum Gasteiger partial charge on any atom is -0.352 e. The van der Waals surface area contributed by atoms with Crippen LogP contribution in [-0.4, -0.2) is 65.0 Å². The molecule has 1 aliphatic heterocycles. The summed E-state index contributed by atoms with van der Waals surface area (Å²) in [5.74, 6) is 1.14. The summed E-state index contributed by atoms with van der Waals surface area (Å²) in [6.45, 7) is 11.6. The van der Waals surface area contributed by atoms with Gasteiger partial charge in [0.25, 0.3) is 5.91 Å². The number of nitrogens with one attached hydrogen (secondary N) is 1. The number of thioether (sulfide) groups is 1. The lowest BCUT2D eigenvalue weighted by Gasteiger charge is -2.25. The van der Waals surface area contributed by atoms with Gasteiger partial charge in [-0.15, -0.1) is 11.8 Å². The molecule has 6 heteroatoms. The van der Waals surface area contributed by atoms with Crippen LogP contribution in [0, 0.1) is 6.92 Å². The topological polar surface area (TPSA) is 52.7 Å². The van der Waals surface area contributed by atoms with E-state index in [0.717, 1.165) is 38.0 Å². The standard InChI is InChI=1S/C21H33N3O2S/c1-5-23(6-2)12-8-10-17(4)22-20(25)19-14-27-15-24(19)21(26)18-11-7-9-16(3)13-18/h7,9,11,13,17,19H,5-6,8,10,12,14-15H2,1-4H3,(H,22,25). The molecular weight excluding hydrogens is 358 g/mol. The first-order valence-electron chi connectivity index (χ1n) is 9.94.